The highest BCUT2D eigenvalue weighted by molar-refractivity contribution is 7.99. The van der Waals surface area contributed by atoms with E-state index in [9.17, 15) is 0 Å². The van der Waals surface area contributed by atoms with Crippen molar-refractivity contribution in [1.29, 1.82) is 0 Å². The van der Waals surface area contributed by atoms with E-state index >= 15 is 0 Å². The number of hydrogen-bond acceptors (Lipinski definition) is 4. The van der Waals surface area contributed by atoms with Crippen LogP contribution >= 0.6 is 11.8 Å². The molecule has 0 aromatic rings. The summed E-state index contributed by atoms with van der Waals surface area (Å²) in [7, 11) is 0. The Bertz CT molecular complexity index is 156. The van der Waals surface area contributed by atoms with Crippen molar-refractivity contribution in [2.24, 2.45) is 5.92 Å². The molecule has 12 heavy (non-hydrogen) atoms. The van der Waals surface area contributed by atoms with Crippen LogP contribution in [0.1, 0.15) is 6.42 Å². The van der Waals surface area contributed by atoms with Gasteiger partial charge in [0.15, 0.2) is 5.79 Å². The summed E-state index contributed by atoms with van der Waals surface area (Å²) in [6, 6.07) is 0. The Morgan fingerprint density at radius 3 is 2.83 bits per heavy atom. The molecule has 70 valence electrons. The standard InChI is InChI=1S/C8H14O3S/c9-5-7-6-12-4-1-8(7)10-2-3-11-8/h7,9H,1-6H2/t7-/m0/s1. The topological polar surface area (TPSA) is 38.7 Å². The Morgan fingerprint density at radius 1 is 1.42 bits per heavy atom. The number of hydrogen-bond donors (Lipinski definition) is 1. The number of aliphatic hydroxyl groups is 1. The largest absolute Gasteiger partial charge is 0.396 e. The second kappa shape index (κ2) is 3.54. The van der Waals surface area contributed by atoms with Gasteiger partial charge in [-0.15, -0.1) is 0 Å². The van der Waals surface area contributed by atoms with Crippen molar-refractivity contribution in [2.45, 2.75) is 12.2 Å². The summed E-state index contributed by atoms with van der Waals surface area (Å²) in [5, 5.41) is 9.14. The molecule has 2 fully saturated rings. The van der Waals surface area contributed by atoms with Crippen LogP contribution in [0.25, 0.3) is 0 Å². The van der Waals surface area contributed by atoms with E-state index < -0.39 is 5.79 Å². The van der Waals surface area contributed by atoms with Gasteiger partial charge in [0.2, 0.25) is 0 Å². The van der Waals surface area contributed by atoms with Gasteiger partial charge in [-0.3, -0.25) is 0 Å². The van der Waals surface area contributed by atoms with Gasteiger partial charge < -0.3 is 14.6 Å². The molecule has 2 rings (SSSR count). The average molecular weight is 190 g/mol. The SMILES string of the molecule is OC[C@H]1CSCCC12OCCO2. The van der Waals surface area contributed by atoms with Crippen molar-refractivity contribution < 1.29 is 14.6 Å². The van der Waals surface area contributed by atoms with Gasteiger partial charge in [0.1, 0.15) is 0 Å². The first kappa shape index (κ1) is 8.81. The lowest BCUT2D eigenvalue weighted by atomic mass is 9.98. The second-order valence-corrected chi connectivity index (χ2v) is 4.36. The maximum atomic E-state index is 9.14. The minimum absolute atomic E-state index is 0.166. The molecule has 0 aliphatic carbocycles. The van der Waals surface area contributed by atoms with E-state index in [1.807, 2.05) is 11.8 Å². The summed E-state index contributed by atoms with van der Waals surface area (Å²) >= 11 is 1.87. The summed E-state index contributed by atoms with van der Waals surface area (Å²) in [5.41, 5.74) is 0. The first-order chi connectivity index (χ1) is 5.87. The third-order valence-electron chi connectivity index (χ3n) is 2.53. The van der Waals surface area contributed by atoms with Crippen molar-refractivity contribution in [1.82, 2.24) is 0 Å². The molecule has 0 amide bonds. The van der Waals surface area contributed by atoms with Crippen LogP contribution in [0, 0.1) is 5.92 Å². The smallest absolute Gasteiger partial charge is 0.175 e. The van der Waals surface area contributed by atoms with Crippen molar-refractivity contribution in [3.63, 3.8) is 0 Å². The fourth-order valence-corrected chi connectivity index (χ4v) is 3.05. The number of rotatable bonds is 1. The van der Waals surface area contributed by atoms with Gasteiger partial charge in [-0.2, -0.15) is 11.8 Å². The molecule has 0 radical (unpaired) electrons. The molecule has 0 saturated carbocycles. The Kier molecular flexibility index (Phi) is 2.60. The van der Waals surface area contributed by atoms with E-state index in [4.69, 9.17) is 14.6 Å². The monoisotopic (exact) mass is 190 g/mol. The van der Waals surface area contributed by atoms with Gasteiger partial charge >= 0.3 is 0 Å². The van der Waals surface area contributed by atoms with Gasteiger partial charge in [0.05, 0.1) is 19.8 Å². The maximum Gasteiger partial charge on any atom is 0.175 e. The van der Waals surface area contributed by atoms with Crippen LogP contribution in [0.3, 0.4) is 0 Å². The summed E-state index contributed by atoms with van der Waals surface area (Å²) in [6.07, 6.45) is 0.920. The molecule has 0 aromatic carbocycles. The van der Waals surface area contributed by atoms with Crippen molar-refractivity contribution in [3.8, 4) is 0 Å². The van der Waals surface area contributed by atoms with Gasteiger partial charge in [0, 0.05) is 18.1 Å². The quantitative estimate of drug-likeness (QED) is 0.652. The Balaban J connectivity index is 2.07. The van der Waals surface area contributed by atoms with E-state index in [0.717, 1.165) is 17.9 Å². The van der Waals surface area contributed by atoms with Crippen molar-refractivity contribution in [2.75, 3.05) is 31.3 Å². The minimum atomic E-state index is -0.431. The zero-order chi connectivity index (χ0) is 8.44. The van der Waals surface area contributed by atoms with Crippen LogP contribution in [0.15, 0.2) is 0 Å². The normalized spacial score (nSPS) is 34.2. The van der Waals surface area contributed by atoms with Crippen molar-refractivity contribution in [3.05, 3.63) is 0 Å². The summed E-state index contributed by atoms with van der Waals surface area (Å²) < 4.78 is 11.2. The lowest BCUT2D eigenvalue weighted by molar-refractivity contribution is -0.200. The zero-order valence-corrected chi connectivity index (χ0v) is 7.81. The van der Waals surface area contributed by atoms with E-state index in [1.54, 1.807) is 0 Å². The first-order valence-electron chi connectivity index (χ1n) is 4.34. The molecule has 2 aliphatic rings. The number of thioether (sulfide) groups is 1. The molecule has 1 N–H and O–H groups in total. The molecule has 2 aliphatic heterocycles. The highest BCUT2D eigenvalue weighted by Crippen LogP contribution is 2.38. The van der Waals surface area contributed by atoms with Gasteiger partial charge in [0.25, 0.3) is 0 Å². The van der Waals surface area contributed by atoms with Crippen LogP contribution in [0.2, 0.25) is 0 Å². The number of aliphatic hydroxyl groups excluding tert-OH is 1. The minimum Gasteiger partial charge on any atom is -0.396 e. The van der Waals surface area contributed by atoms with Gasteiger partial charge in [-0.25, -0.2) is 0 Å². The molecule has 2 saturated heterocycles. The molecule has 1 spiro atoms. The van der Waals surface area contributed by atoms with Gasteiger partial charge in [-0.05, 0) is 5.75 Å². The fraction of sp³-hybridized carbons (Fsp3) is 1.00. The average Bonchev–Trinajstić information content (AvgIpc) is 2.55. The van der Waals surface area contributed by atoms with Crippen LogP contribution in [-0.4, -0.2) is 42.2 Å². The molecule has 0 aromatic heterocycles. The lowest BCUT2D eigenvalue weighted by Gasteiger charge is -2.37. The molecule has 3 nitrogen and oxygen atoms in total. The van der Waals surface area contributed by atoms with E-state index in [2.05, 4.69) is 0 Å². The van der Waals surface area contributed by atoms with E-state index in [0.29, 0.717) is 13.2 Å². The Morgan fingerprint density at radius 2 is 2.17 bits per heavy atom. The predicted octanol–water partition coefficient (Wildman–Crippen LogP) is 0.475. The van der Waals surface area contributed by atoms with Crippen LogP contribution < -0.4 is 0 Å². The third kappa shape index (κ3) is 1.37. The molecule has 0 unspecified atom stereocenters. The highest BCUT2D eigenvalue weighted by Gasteiger charge is 2.45. The summed E-state index contributed by atoms with van der Waals surface area (Å²) in [4.78, 5) is 0. The van der Waals surface area contributed by atoms with Crippen LogP contribution in [-0.2, 0) is 9.47 Å². The third-order valence-corrected chi connectivity index (χ3v) is 3.66. The Labute approximate surface area is 76.4 Å². The molecule has 4 heteroatoms. The first-order valence-corrected chi connectivity index (χ1v) is 5.49. The molecular formula is C8H14O3S. The zero-order valence-electron chi connectivity index (χ0n) is 6.99. The van der Waals surface area contributed by atoms with Crippen molar-refractivity contribution >= 4 is 11.8 Å². The molecule has 1 atom stereocenters. The molecule has 0 bridgehead atoms. The summed E-state index contributed by atoms with van der Waals surface area (Å²) in [6.45, 7) is 1.54. The lowest BCUT2D eigenvalue weighted by Crippen LogP contribution is -2.45. The molecule has 2 heterocycles. The van der Waals surface area contributed by atoms with Crippen LogP contribution in [0.5, 0.6) is 0 Å². The predicted molar refractivity (Wildman–Crippen MR) is 47.2 cm³/mol. The number of ether oxygens (including phenoxy) is 2. The highest BCUT2D eigenvalue weighted by atomic mass is 32.2. The van der Waals surface area contributed by atoms with Gasteiger partial charge in [-0.1, -0.05) is 0 Å². The summed E-state index contributed by atoms with van der Waals surface area (Å²) in [5.74, 6) is 1.77. The fourth-order valence-electron chi connectivity index (χ4n) is 1.81. The maximum absolute atomic E-state index is 9.14. The second-order valence-electron chi connectivity index (χ2n) is 3.21. The van der Waals surface area contributed by atoms with E-state index in [1.165, 1.54) is 0 Å². The van der Waals surface area contributed by atoms with Crippen LogP contribution in [0.4, 0.5) is 0 Å². The van der Waals surface area contributed by atoms with E-state index in [-0.39, 0.29) is 12.5 Å². The molecular weight excluding hydrogens is 176 g/mol. The Hall–Kier alpha value is 0.230.